The Kier molecular flexibility index (Phi) is 2.62. The molecule has 1 heterocycles. The van der Waals surface area contributed by atoms with E-state index in [2.05, 4.69) is 4.74 Å². The van der Waals surface area contributed by atoms with Gasteiger partial charge in [0.15, 0.2) is 0 Å². The summed E-state index contributed by atoms with van der Waals surface area (Å²) >= 11 is 0. The van der Waals surface area contributed by atoms with Crippen molar-refractivity contribution in [1.29, 1.82) is 0 Å². The zero-order valence-corrected chi connectivity index (χ0v) is 6.60. The molecule has 2 N–H and O–H groups in total. The van der Waals surface area contributed by atoms with E-state index in [9.17, 15) is 4.79 Å². The van der Waals surface area contributed by atoms with Crippen LogP contribution in [0.25, 0.3) is 0 Å². The predicted octanol–water partition coefficient (Wildman–Crippen LogP) is -0.275. The lowest BCUT2D eigenvalue weighted by Gasteiger charge is -2.08. The van der Waals surface area contributed by atoms with Crippen LogP contribution in [-0.4, -0.2) is 28.4 Å². The van der Waals surface area contributed by atoms with Crippen molar-refractivity contribution < 1.29 is 19.7 Å². The smallest absolute Gasteiger partial charge is 0.336 e. The van der Waals surface area contributed by atoms with Crippen LogP contribution >= 0.6 is 0 Å². The summed E-state index contributed by atoms with van der Waals surface area (Å²) in [6.07, 6.45) is 2.10. The van der Waals surface area contributed by atoms with E-state index in [1.54, 1.807) is 0 Å². The van der Waals surface area contributed by atoms with Crippen molar-refractivity contribution in [2.45, 2.75) is 19.1 Å². The standard InChI is InChI=1S/C8H10O4/c1-5(9)7(10)4-6-2-3-8(11)12-6/h2-5,7,9-10H,1H3/b6-4+/t5-,7+/m1/s1. The predicted molar refractivity (Wildman–Crippen MR) is 41.0 cm³/mol. The molecule has 0 radical (unpaired) electrons. The summed E-state index contributed by atoms with van der Waals surface area (Å²) in [5.41, 5.74) is 0. The van der Waals surface area contributed by atoms with Gasteiger partial charge in [-0.1, -0.05) is 0 Å². The van der Waals surface area contributed by atoms with Gasteiger partial charge in [-0.05, 0) is 19.1 Å². The first kappa shape index (κ1) is 8.96. The average molecular weight is 170 g/mol. The van der Waals surface area contributed by atoms with Gasteiger partial charge in [0.1, 0.15) is 11.9 Å². The molecule has 0 fully saturated rings. The Labute approximate surface area is 69.8 Å². The molecular weight excluding hydrogens is 160 g/mol. The van der Waals surface area contributed by atoms with Gasteiger partial charge in [-0.25, -0.2) is 4.79 Å². The summed E-state index contributed by atoms with van der Waals surface area (Å²) in [6, 6.07) is 0. The second kappa shape index (κ2) is 3.51. The first-order valence-corrected chi connectivity index (χ1v) is 3.57. The number of carbonyl (C=O) groups excluding carboxylic acids is 1. The number of hydrogen-bond donors (Lipinski definition) is 2. The topological polar surface area (TPSA) is 66.8 Å². The number of cyclic esters (lactones) is 1. The number of rotatable bonds is 2. The SMILES string of the molecule is C[C@@H](O)[C@@H](O)/C=C1\C=CC(=O)O1. The van der Waals surface area contributed by atoms with E-state index in [1.165, 1.54) is 25.2 Å². The molecule has 0 aliphatic carbocycles. The van der Waals surface area contributed by atoms with Crippen molar-refractivity contribution in [1.82, 2.24) is 0 Å². The van der Waals surface area contributed by atoms with Gasteiger partial charge in [0.05, 0.1) is 6.10 Å². The van der Waals surface area contributed by atoms with Crippen molar-refractivity contribution in [3.8, 4) is 0 Å². The fourth-order valence-electron chi connectivity index (χ4n) is 0.732. The third-order valence-corrected chi connectivity index (χ3v) is 1.43. The zero-order chi connectivity index (χ0) is 9.14. The molecule has 4 nitrogen and oxygen atoms in total. The summed E-state index contributed by atoms with van der Waals surface area (Å²) < 4.78 is 4.62. The molecule has 66 valence electrons. The number of hydrogen-bond acceptors (Lipinski definition) is 4. The second-order valence-electron chi connectivity index (χ2n) is 2.55. The molecule has 1 rings (SSSR count). The van der Waals surface area contributed by atoms with E-state index in [4.69, 9.17) is 10.2 Å². The quantitative estimate of drug-likeness (QED) is 0.559. The van der Waals surface area contributed by atoms with Gasteiger partial charge in [0.2, 0.25) is 0 Å². The normalized spacial score (nSPS) is 24.2. The zero-order valence-electron chi connectivity index (χ0n) is 6.60. The first-order valence-electron chi connectivity index (χ1n) is 3.57. The van der Waals surface area contributed by atoms with E-state index in [0.29, 0.717) is 0 Å². The summed E-state index contributed by atoms with van der Waals surface area (Å²) in [5, 5.41) is 18.0. The van der Waals surface area contributed by atoms with Gasteiger partial charge in [-0.2, -0.15) is 0 Å². The van der Waals surface area contributed by atoms with Gasteiger partial charge >= 0.3 is 5.97 Å². The van der Waals surface area contributed by atoms with Crippen molar-refractivity contribution >= 4 is 5.97 Å². The van der Waals surface area contributed by atoms with Crippen molar-refractivity contribution in [2.75, 3.05) is 0 Å². The molecule has 0 aromatic heterocycles. The van der Waals surface area contributed by atoms with Gasteiger partial charge < -0.3 is 14.9 Å². The molecule has 0 bridgehead atoms. The van der Waals surface area contributed by atoms with E-state index < -0.39 is 18.2 Å². The number of ether oxygens (including phenoxy) is 1. The molecule has 0 saturated heterocycles. The van der Waals surface area contributed by atoms with Gasteiger partial charge in [-0.15, -0.1) is 0 Å². The fraction of sp³-hybridized carbons (Fsp3) is 0.375. The van der Waals surface area contributed by atoms with Crippen LogP contribution in [0.5, 0.6) is 0 Å². The maximum atomic E-state index is 10.5. The van der Waals surface area contributed by atoms with Crippen LogP contribution in [0.2, 0.25) is 0 Å². The second-order valence-corrected chi connectivity index (χ2v) is 2.55. The highest BCUT2D eigenvalue weighted by Gasteiger charge is 2.13. The van der Waals surface area contributed by atoms with Gasteiger partial charge in [-0.3, -0.25) is 0 Å². The summed E-state index contributed by atoms with van der Waals surface area (Å²) in [4.78, 5) is 10.5. The van der Waals surface area contributed by atoms with Gasteiger partial charge in [0, 0.05) is 6.08 Å². The minimum atomic E-state index is -1.00. The molecule has 12 heavy (non-hydrogen) atoms. The monoisotopic (exact) mass is 170 g/mol. The van der Waals surface area contributed by atoms with Crippen LogP contribution in [0.1, 0.15) is 6.92 Å². The Morgan fingerprint density at radius 2 is 2.17 bits per heavy atom. The Morgan fingerprint density at radius 3 is 2.58 bits per heavy atom. The van der Waals surface area contributed by atoms with Crippen LogP contribution in [0, 0.1) is 0 Å². The number of carbonyl (C=O) groups is 1. The summed E-state index contributed by atoms with van der Waals surface area (Å²) in [6.45, 7) is 1.45. The molecule has 0 spiro atoms. The summed E-state index contributed by atoms with van der Waals surface area (Å²) in [5.74, 6) is -0.188. The lowest BCUT2D eigenvalue weighted by atomic mass is 10.2. The minimum absolute atomic E-state index is 0.272. The molecule has 1 aliphatic rings. The van der Waals surface area contributed by atoms with Crippen LogP contribution in [0.3, 0.4) is 0 Å². The lowest BCUT2D eigenvalue weighted by Crippen LogP contribution is -2.20. The van der Waals surface area contributed by atoms with E-state index in [-0.39, 0.29) is 5.76 Å². The van der Waals surface area contributed by atoms with Crippen molar-refractivity contribution in [3.63, 3.8) is 0 Å². The van der Waals surface area contributed by atoms with Crippen LogP contribution in [0.15, 0.2) is 24.0 Å². The highest BCUT2D eigenvalue weighted by molar-refractivity contribution is 5.86. The Hall–Kier alpha value is -1.13. The maximum absolute atomic E-state index is 10.5. The molecule has 4 heteroatoms. The molecule has 0 saturated carbocycles. The largest absolute Gasteiger partial charge is 0.424 e. The van der Waals surface area contributed by atoms with Gasteiger partial charge in [0.25, 0.3) is 0 Å². The fourth-order valence-corrected chi connectivity index (χ4v) is 0.732. The van der Waals surface area contributed by atoms with E-state index >= 15 is 0 Å². The minimum Gasteiger partial charge on any atom is -0.424 e. The summed E-state index contributed by atoms with van der Waals surface area (Å²) in [7, 11) is 0. The van der Waals surface area contributed by atoms with Crippen LogP contribution in [-0.2, 0) is 9.53 Å². The van der Waals surface area contributed by atoms with Crippen LogP contribution in [0.4, 0.5) is 0 Å². The number of aliphatic hydroxyl groups excluding tert-OH is 2. The molecule has 0 unspecified atom stereocenters. The third-order valence-electron chi connectivity index (χ3n) is 1.43. The van der Waals surface area contributed by atoms with E-state index in [1.807, 2.05) is 0 Å². The Balaban J connectivity index is 2.59. The molecule has 2 atom stereocenters. The molecule has 1 aliphatic heterocycles. The van der Waals surface area contributed by atoms with Crippen molar-refractivity contribution in [2.24, 2.45) is 0 Å². The Bertz CT molecular complexity index is 239. The Morgan fingerprint density at radius 1 is 1.50 bits per heavy atom. The van der Waals surface area contributed by atoms with E-state index in [0.717, 1.165) is 0 Å². The first-order chi connectivity index (χ1) is 5.59. The molecule has 0 aromatic carbocycles. The number of esters is 1. The molecular formula is C8H10O4. The number of allylic oxidation sites excluding steroid dienone is 1. The average Bonchev–Trinajstić information content (AvgIpc) is 2.35. The van der Waals surface area contributed by atoms with Crippen molar-refractivity contribution in [3.05, 3.63) is 24.0 Å². The number of aliphatic hydroxyl groups is 2. The van der Waals surface area contributed by atoms with Crippen LogP contribution < -0.4 is 0 Å². The highest BCUT2D eigenvalue weighted by Crippen LogP contribution is 2.10. The maximum Gasteiger partial charge on any atom is 0.336 e. The highest BCUT2D eigenvalue weighted by atomic mass is 16.5. The third kappa shape index (κ3) is 2.18. The lowest BCUT2D eigenvalue weighted by molar-refractivity contribution is -0.132. The molecule has 0 amide bonds. The molecule has 0 aromatic rings.